The molecule has 0 aliphatic rings. The number of hydrogen-bond acceptors (Lipinski definition) is 5. The van der Waals surface area contributed by atoms with E-state index in [9.17, 15) is 4.79 Å². The molecule has 1 aromatic carbocycles. The molecule has 124 valence electrons. The van der Waals surface area contributed by atoms with Crippen LogP contribution in [0.1, 0.15) is 29.0 Å². The van der Waals surface area contributed by atoms with Gasteiger partial charge in [0.05, 0.1) is 13.2 Å². The summed E-state index contributed by atoms with van der Waals surface area (Å²) in [6, 6.07) is 9.73. The Morgan fingerprint density at radius 2 is 1.96 bits per heavy atom. The normalized spacial score (nSPS) is 12.0. The molecule has 0 bridgehead atoms. The Morgan fingerprint density at radius 1 is 1.21 bits per heavy atom. The minimum absolute atomic E-state index is 0.0466. The van der Waals surface area contributed by atoms with Gasteiger partial charge in [-0.2, -0.15) is 11.3 Å². The molecule has 1 atom stereocenters. The zero-order valence-corrected chi connectivity index (χ0v) is 15.4. The van der Waals surface area contributed by atoms with Crippen LogP contribution in [0, 0.1) is 0 Å². The van der Waals surface area contributed by atoms with Gasteiger partial charge in [-0.05, 0) is 36.1 Å². The molecular weight excluding hydrogens is 340 g/mol. The third-order valence-electron chi connectivity index (χ3n) is 3.99. The fourth-order valence-electron chi connectivity index (χ4n) is 2.35. The molecule has 0 aliphatic carbocycles. The average molecular weight is 358 g/mol. The van der Waals surface area contributed by atoms with Crippen molar-refractivity contribution in [3.63, 3.8) is 0 Å². The van der Waals surface area contributed by atoms with E-state index in [1.54, 1.807) is 30.4 Å². The van der Waals surface area contributed by atoms with Crippen LogP contribution in [0.3, 0.4) is 0 Å². The number of thiophene rings is 1. The van der Waals surface area contributed by atoms with Crippen LogP contribution in [0.15, 0.2) is 46.5 Å². The standard InChI is InChI=1S/C18H18N2O2S2/c1-12(13-4-6-15(22-3)7-5-13)20(2)18(21)16-11-24-17(19-16)14-8-9-23-10-14/h4-12H,1-3H3. The van der Waals surface area contributed by atoms with E-state index in [1.165, 1.54) is 11.3 Å². The monoisotopic (exact) mass is 358 g/mol. The Morgan fingerprint density at radius 3 is 2.58 bits per heavy atom. The molecule has 0 N–H and O–H groups in total. The minimum atomic E-state index is -0.0731. The van der Waals surface area contributed by atoms with Gasteiger partial charge in [-0.1, -0.05) is 12.1 Å². The summed E-state index contributed by atoms with van der Waals surface area (Å²) in [4.78, 5) is 18.9. The van der Waals surface area contributed by atoms with E-state index in [1.807, 2.05) is 53.4 Å². The number of rotatable bonds is 5. The molecule has 0 aliphatic heterocycles. The highest BCUT2D eigenvalue weighted by Gasteiger charge is 2.21. The fourth-order valence-corrected chi connectivity index (χ4v) is 3.86. The molecule has 6 heteroatoms. The molecule has 0 saturated heterocycles. The highest BCUT2D eigenvalue weighted by atomic mass is 32.1. The van der Waals surface area contributed by atoms with Gasteiger partial charge in [-0.15, -0.1) is 11.3 Å². The van der Waals surface area contributed by atoms with E-state index in [0.29, 0.717) is 5.69 Å². The fraction of sp³-hybridized carbons (Fsp3) is 0.222. The molecule has 2 aromatic heterocycles. The Balaban J connectivity index is 1.76. The maximum absolute atomic E-state index is 12.7. The lowest BCUT2D eigenvalue weighted by Gasteiger charge is -2.24. The van der Waals surface area contributed by atoms with E-state index in [2.05, 4.69) is 4.98 Å². The summed E-state index contributed by atoms with van der Waals surface area (Å²) in [5.74, 6) is 0.732. The zero-order valence-electron chi connectivity index (χ0n) is 13.7. The maximum atomic E-state index is 12.7. The van der Waals surface area contributed by atoms with Gasteiger partial charge in [0.25, 0.3) is 5.91 Å². The third kappa shape index (κ3) is 3.34. The van der Waals surface area contributed by atoms with Crippen LogP contribution >= 0.6 is 22.7 Å². The van der Waals surface area contributed by atoms with Crippen molar-refractivity contribution in [1.29, 1.82) is 0 Å². The highest BCUT2D eigenvalue weighted by molar-refractivity contribution is 7.14. The molecule has 0 fully saturated rings. The van der Waals surface area contributed by atoms with Gasteiger partial charge in [0, 0.05) is 23.4 Å². The van der Waals surface area contributed by atoms with Gasteiger partial charge in [-0.3, -0.25) is 4.79 Å². The van der Waals surface area contributed by atoms with Crippen molar-refractivity contribution in [1.82, 2.24) is 9.88 Å². The summed E-state index contributed by atoms with van der Waals surface area (Å²) >= 11 is 3.12. The zero-order chi connectivity index (χ0) is 17.1. The van der Waals surface area contributed by atoms with Crippen LogP contribution in [0.4, 0.5) is 0 Å². The lowest BCUT2D eigenvalue weighted by Crippen LogP contribution is -2.29. The van der Waals surface area contributed by atoms with Gasteiger partial charge >= 0.3 is 0 Å². The molecule has 0 saturated carbocycles. The van der Waals surface area contributed by atoms with Crippen molar-refractivity contribution in [3.05, 3.63) is 57.7 Å². The number of benzene rings is 1. The minimum Gasteiger partial charge on any atom is -0.497 e. The van der Waals surface area contributed by atoms with Crippen molar-refractivity contribution in [2.75, 3.05) is 14.2 Å². The molecule has 0 radical (unpaired) electrons. The topological polar surface area (TPSA) is 42.4 Å². The number of methoxy groups -OCH3 is 1. The van der Waals surface area contributed by atoms with Crippen molar-refractivity contribution >= 4 is 28.6 Å². The Labute approximate surface area is 149 Å². The van der Waals surface area contributed by atoms with Crippen LogP contribution in [0.2, 0.25) is 0 Å². The summed E-state index contributed by atoms with van der Waals surface area (Å²) in [5, 5.41) is 6.75. The second-order valence-electron chi connectivity index (χ2n) is 5.42. The number of hydrogen-bond donors (Lipinski definition) is 0. The van der Waals surface area contributed by atoms with E-state index in [0.717, 1.165) is 21.9 Å². The summed E-state index contributed by atoms with van der Waals surface area (Å²) in [7, 11) is 3.45. The van der Waals surface area contributed by atoms with Crippen LogP contribution < -0.4 is 4.74 Å². The van der Waals surface area contributed by atoms with Crippen LogP contribution in [-0.4, -0.2) is 29.9 Å². The molecule has 1 unspecified atom stereocenters. The lowest BCUT2D eigenvalue weighted by atomic mass is 10.1. The van der Waals surface area contributed by atoms with E-state index in [-0.39, 0.29) is 11.9 Å². The van der Waals surface area contributed by atoms with Gasteiger partial charge in [-0.25, -0.2) is 4.98 Å². The Hall–Kier alpha value is -2.18. The molecule has 1 amide bonds. The maximum Gasteiger partial charge on any atom is 0.273 e. The number of aromatic nitrogens is 1. The van der Waals surface area contributed by atoms with Crippen molar-refractivity contribution < 1.29 is 9.53 Å². The number of amides is 1. The molecule has 3 aromatic rings. The second kappa shape index (κ2) is 7.15. The lowest BCUT2D eigenvalue weighted by molar-refractivity contribution is 0.0737. The number of ether oxygens (including phenoxy) is 1. The highest BCUT2D eigenvalue weighted by Crippen LogP contribution is 2.28. The molecular formula is C18H18N2O2S2. The molecule has 0 spiro atoms. The number of thiazole rings is 1. The van der Waals surface area contributed by atoms with Crippen LogP contribution in [0.5, 0.6) is 5.75 Å². The van der Waals surface area contributed by atoms with Crippen molar-refractivity contribution in [2.24, 2.45) is 0 Å². The van der Waals surface area contributed by atoms with Crippen molar-refractivity contribution in [2.45, 2.75) is 13.0 Å². The average Bonchev–Trinajstić information content (AvgIpc) is 3.31. The number of carbonyl (C=O) groups is 1. The molecule has 24 heavy (non-hydrogen) atoms. The summed E-state index contributed by atoms with van der Waals surface area (Å²) in [6.45, 7) is 2.01. The van der Waals surface area contributed by atoms with Crippen LogP contribution in [-0.2, 0) is 0 Å². The van der Waals surface area contributed by atoms with E-state index in [4.69, 9.17) is 4.74 Å². The second-order valence-corrected chi connectivity index (χ2v) is 7.05. The SMILES string of the molecule is COc1ccc(C(C)N(C)C(=O)c2csc(-c3ccsc3)n2)cc1. The summed E-state index contributed by atoms with van der Waals surface area (Å²) in [6.07, 6.45) is 0. The molecule has 4 nitrogen and oxygen atoms in total. The first kappa shape index (κ1) is 16.7. The first-order valence-corrected chi connectivity index (χ1v) is 9.31. The number of nitrogens with zero attached hydrogens (tertiary/aromatic N) is 2. The Kier molecular flexibility index (Phi) is 4.97. The molecule has 2 heterocycles. The van der Waals surface area contributed by atoms with Gasteiger partial charge in [0.2, 0.25) is 0 Å². The van der Waals surface area contributed by atoms with Crippen LogP contribution in [0.25, 0.3) is 10.6 Å². The predicted molar refractivity (Wildman–Crippen MR) is 98.9 cm³/mol. The molecule has 3 rings (SSSR count). The Bertz CT molecular complexity index is 810. The van der Waals surface area contributed by atoms with Crippen molar-refractivity contribution in [3.8, 4) is 16.3 Å². The summed E-state index contributed by atoms with van der Waals surface area (Å²) in [5.41, 5.74) is 2.61. The third-order valence-corrected chi connectivity index (χ3v) is 5.57. The van der Waals surface area contributed by atoms with E-state index < -0.39 is 0 Å². The smallest absolute Gasteiger partial charge is 0.273 e. The first-order valence-electron chi connectivity index (χ1n) is 7.49. The first-order chi connectivity index (χ1) is 11.6. The van der Waals surface area contributed by atoms with Gasteiger partial charge < -0.3 is 9.64 Å². The quantitative estimate of drug-likeness (QED) is 0.663. The summed E-state index contributed by atoms with van der Waals surface area (Å²) < 4.78 is 5.18. The largest absolute Gasteiger partial charge is 0.497 e. The predicted octanol–water partition coefficient (Wildman–Crippen LogP) is 4.71. The van der Waals surface area contributed by atoms with Gasteiger partial charge in [0.1, 0.15) is 16.5 Å². The van der Waals surface area contributed by atoms with Gasteiger partial charge in [0.15, 0.2) is 0 Å². The van der Waals surface area contributed by atoms with E-state index >= 15 is 0 Å². The number of carbonyl (C=O) groups excluding carboxylic acids is 1.